The summed E-state index contributed by atoms with van der Waals surface area (Å²) in [6.07, 6.45) is 2.37. The molecule has 0 saturated carbocycles. The predicted molar refractivity (Wildman–Crippen MR) is 76.8 cm³/mol. The molecule has 0 radical (unpaired) electrons. The van der Waals surface area contributed by atoms with E-state index in [1.54, 1.807) is 18.5 Å². The van der Waals surface area contributed by atoms with Gasteiger partial charge in [-0.3, -0.25) is 0 Å². The maximum absolute atomic E-state index is 12.6. The van der Waals surface area contributed by atoms with Gasteiger partial charge in [-0.1, -0.05) is 12.1 Å². The molecule has 1 aliphatic heterocycles. The SMILES string of the molecule is NCCc1ccc(S(=O)(=O)N2CCn3cnnc3C2)cc1. The molecule has 7 nitrogen and oxygen atoms in total. The maximum Gasteiger partial charge on any atom is 0.243 e. The Morgan fingerprint density at radius 2 is 1.95 bits per heavy atom. The Balaban J connectivity index is 1.84. The zero-order valence-electron chi connectivity index (χ0n) is 11.5. The van der Waals surface area contributed by atoms with E-state index in [2.05, 4.69) is 10.2 Å². The molecule has 2 N–H and O–H groups in total. The van der Waals surface area contributed by atoms with Crippen LogP contribution in [0.5, 0.6) is 0 Å². The molecular formula is C13H17N5O2S. The molecule has 112 valence electrons. The highest BCUT2D eigenvalue weighted by atomic mass is 32.2. The van der Waals surface area contributed by atoms with Crippen molar-refractivity contribution in [2.45, 2.75) is 24.4 Å². The molecule has 3 rings (SSSR count). The van der Waals surface area contributed by atoms with Crippen molar-refractivity contribution in [2.75, 3.05) is 13.1 Å². The highest BCUT2D eigenvalue weighted by molar-refractivity contribution is 7.89. The number of sulfonamides is 1. The number of nitrogens with two attached hydrogens (primary N) is 1. The van der Waals surface area contributed by atoms with Gasteiger partial charge in [0.15, 0.2) is 0 Å². The third-order valence-electron chi connectivity index (χ3n) is 3.60. The smallest absolute Gasteiger partial charge is 0.243 e. The molecule has 1 aliphatic rings. The number of fused-ring (bicyclic) bond motifs is 1. The standard InChI is InChI=1S/C13H17N5O2S/c14-6-5-11-1-3-12(4-2-11)21(19,20)18-8-7-17-10-15-16-13(17)9-18/h1-4,10H,5-9,14H2. The Labute approximate surface area is 123 Å². The van der Waals surface area contributed by atoms with Gasteiger partial charge in [-0.15, -0.1) is 10.2 Å². The highest BCUT2D eigenvalue weighted by Gasteiger charge is 2.29. The first-order valence-electron chi connectivity index (χ1n) is 6.77. The minimum Gasteiger partial charge on any atom is -0.330 e. The van der Waals surface area contributed by atoms with Crippen molar-refractivity contribution < 1.29 is 8.42 Å². The van der Waals surface area contributed by atoms with Crippen LogP contribution in [0.3, 0.4) is 0 Å². The fourth-order valence-corrected chi connectivity index (χ4v) is 3.78. The van der Waals surface area contributed by atoms with Gasteiger partial charge in [-0.2, -0.15) is 4.31 Å². The van der Waals surface area contributed by atoms with E-state index in [-0.39, 0.29) is 6.54 Å². The highest BCUT2D eigenvalue weighted by Crippen LogP contribution is 2.21. The number of nitrogens with zero attached hydrogens (tertiary/aromatic N) is 4. The lowest BCUT2D eigenvalue weighted by Crippen LogP contribution is -2.38. The first-order chi connectivity index (χ1) is 10.1. The number of hydrogen-bond acceptors (Lipinski definition) is 5. The van der Waals surface area contributed by atoms with Crippen LogP contribution >= 0.6 is 0 Å². The Morgan fingerprint density at radius 1 is 1.19 bits per heavy atom. The normalized spacial score (nSPS) is 15.9. The summed E-state index contributed by atoms with van der Waals surface area (Å²) in [4.78, 5) is 0.302. The summed E-state index contributed by atoms with van der Waals surface area (Å²) in [6, 6.07) is 6.90. The van der Waals surface area contributed by atoms with Gasteiger partial charge in [-0.05, 0) is 30.7 Å². The van der Waals surface area contributed by atoms with Gasteiger partial charge in [0.2, 0.25) is 10.0 Å². The molecule has 0 fully saturated rings. The molecule has 1 aromatic heterocycles. The second kappa shape index (κ2) is 5.55. The predicted octanol–water partition coefficient (Wildman–Crippen LogP) is -0.0162. The Kier molecular flexibility index (Phi) is 3.75. The van der Waals surface area contributed by atoms with E-state index in [0.717, 1.165) is 12.0 Å². The molecule has 2 aromatic rings. The van der Waals surface area contributed by atoms with Crippen LogP contribution in [0.25, 0.3) is 0 Å². The number of hydrogen-bond donors (Lipinski definition) is 1. The zero-order chi connectivity index (χ0) is 14.9. The van der Waals surface area contributed by atoms with E-state index in [0.29, 0.717) is 30.4 Å². The van der Waals surface area contributed by atoms with Crippen molar-refractivity contribution in [2.24, 2.45) is 5.73 Å². The van der Waals surface area contributed by atoms with Crippen LogP contribution in [-0.4, -0.2) is 40.6 Å². The van der Waals surface area contributed by atoms with Crippen molar-refractivity contribution in [3.63, 3.8) is 0 Å². The quantitative estimate of drug-likeness (QED) is 0.857. The Morgan fingerprint density at radius 3 is 2.67 bits per heavy atom. The lowest BCUT2D eigenvalue weighted by molar-refractivity contribution is 0.335. The second-order valence-corrected chi connectivity index (χ2v) is 6.90. The first-order valence-corrected chi connectivity index (χ1v) is 8.21. The Bertz CT molecular complexity index is 723. The fourth-order valence-electron chi connectivity index (χ4n) is 2.39. The lowest BCUT2D eigenvalue weighted by atomic mass is 10.2. The van der Waals surface area contributed by atoms with E-state index in [4.69, 9.17) is 5.73 Å². The van der Waals surface area contributed by atoms with Crippen LogP contribution in [-0.2, 0) is 29.5 Å². The minimum atomic E-state index is -3.49. The first kappa shape index (κ1) is 14.2. The van der Waals surface area contributed by atoms with Gasteiger partial charge in [-0.25, -0.2) is 8.42 Å². The van der Waals surface area contributed by atoms with E-state index < -0.39 is 10.0 Å². The largest absolute Gasteiger partial charge is 0.330 e. The topological polar surface area (TPSA) is 94.1 Å². The summed E-state index contributed by atoms with van der Waals surface area (Å²) in [5.74, 6) is 0.671. The zero-order valence-corrected chi connectivity index (χ0v) is 12.3. The van der Waals surface area contributed by atoms with E-state index in [1.165, 1.54) is 4.31 Å². The van der Waals surface area contributed by atoms with Crippen LogP contribution in [0.4, 0.5) is 0 Å². The van der Waals surface area contributed by atoms with Gasteiger partial charge < -0.3 is 10.3 Å². The van der Waals surface area contributed by atoms with Gasteiger partial charge in [0, 0.05) is 13.1 Å². The average Bonchev–Trinajstić information content (AvgIpc) is 2.95. The van der Waals surface area contributed by atoms with E-state index >= 15 is 0 Å². The summed E-state index contributed by atoms with van der Waals surface area (Å²) in [6.45, 7) is 1.81. The van der Waals surface area contributed by atoms with Crippen LogP contribution in [0.2, 0.25) is 0 Å². The van der Waals surface area contributed by atoms with E-state index in [1.807, 2.05) is 16.7 Å². The van der Waals surface area contributed by atoms with Gasteiger partial charge in [0.05, 0.1) is 11.4 Å². The van der Waals surface area contributed by atoms with Crippen LogP contribution in [0.1, 0.15) is 11.4 Å². The van der Waals surface area contributed by atoms with Crippen LogP contribution < -0.4 is 5.73 Å². The van der Waals surface area contributed by atoms with Crippen molar-refractivity contribution >= 4 is 10.0 Å². The fraction of sp³-hybridized carbons (Fsp3) is 0.385. The summed E-state index contributed by atoms with van der Waals surface area (Å²) in [7, 11) is -3.49. The monoisotopic (exact) mass is 307 g/mol. The summed E-state index contributed by atoms with van der Waals surface area (Å²) in [5, 5.41) is 7.75. The second-order valence-electron chi connectivity index (χ2n) is 4.96. The molecule has 8 heteroatoms. The molecule has 0 bridgehead atoms. The molecule has 0 amide bonds. The van der Waals surface area contributed by atoms with Gasteiger partial charge in [0.25, 0.3) is 0 Å². The summed E-state index contributed by atoms with van der Waals surface area (Å²) in [5.41, 5.74) is 6.53. The molecule has 0 spiro atoms. The Hall–Kier alpha value is -1.77. The number of benzene rings is 1. The molecule has 2 heterocycles. The maximum atomic E-state index is 12.6. The van der Waals surface area contributed by atoms with Crippen molar-refractivity contribution in [3.05, 3.63) is 42.0 Å². The average molecular weight is 307 g/mol. The molecular weight excluding hydrogens is 290 g/mol. The minimum absolute atomic E-state index is 0.257. The molecule has 0 atom stereocenters. The van der Waals surface area contributed by atoms with Crippen LogP contribution in [0, 0.1) is 0 Å². The molecule has 1 aromatic carbocycles. The van der Waals surface area contributed by atoms with Crippen molar-refractivity contribution in [1.82, 2.24) is 19.1 Å². The van der Waals surface area contributed by atoms with Crippen molar-refractivity contribution in [1.29, 1.82) is 0 Å². The molecule has 21 heavy (non-hydrogen) atoms. The van der Waals surface area contributed by atoms with Gasteiger partial charge in [0.1, 0.15) is 12.2 Å². The third-order valence-corrected chi connectivity index (χ3v) is 5.46. The van der Waals surface area contributed by atoms with Crippen LogP contribution in [0.15, 0.2) is 35.5 Å². The third kappa shape index (κ3) is 2.69. The molecule has 0 aliphatic carbocycles. The van der Waals surface area contributed by atoms with Crippen molar-refractivity contribution in [3.8, 4) is 0 Å². The summed E-state index contributed by atoms with van der Waals surface area (Å²) < 4.78 is 28.6. The lowest BCUT2D eigenvalue weighted by Gasteiger charge is -2.26. The number of rotatable bonds is 4. The van der Waals surface area contributed by atoms with E-state index in [9.17, 15) is 8.42 Å². The molecule has 0 saturated heterocycles. The van der Waals surface area contributed by atoms with Gasteiger partial charge >= 0.3 is 0 Å². The molecule has 0 unspecified atom stereocenters. The summed E-state index contributed by atoms with van der Waals surface area (Å²) >= 11 is 0. The number of aromatic nitrogens is 3.